The van der Waals surface area contributed by atoms with E-state index in [2.05, 4.69) is 15.5 Å². The zero-order valence-corrected chi connectivity index (χ0v) is 9.84. The van der Waals surface area contributed by atoms with Gasteiger partial charge in [0.1, 0.15) is 9.84 Å². The van der Waals surface area contributed by atoms with E-state index in [1.165, 1.54) is 6.26 Å². The van der Waals surface area contributed by atoms with Crippen molar-refractivity contribution in [1.29, 1.82) is 0 Å². The summed E-state index contributed by atoms with van der Waals surface area (Å²) in [5, 5.41) is 9.94. The Hall–Kier alpha value is -0.880. The van der Waals surface area contributed by atoms with Crippen molar-refractivity contribution in [2.75, 3.05) is 18.6 Å². The lowest BCUT2D eigenvalue weighted by Crippen LogP contribution is -2.22. The van der Waals surface area contributed by atoms with Gasteiger partial charge in [-0.05, 0) is 26.0 Å². The molecule has 1 aromatic heterocycles. The molecule has 1 unspecified atom stereocenters. The predicted molar refractivity (Wildman–Crippen MR) is 59.3 cm³/mol. The molecule has 1 aromatic rings. The average molecular weight is 231 g/mol. The van der Waals surface area contributed by atoms with Gasteiger partial charge in [-0.25, -0.2) is 8.42 Å². The maximum Gasteiger partial charge on any atom is 0.147 e. The van der Waals surface area contributed by atoms with Gasteiger partial charge in [0.2, 0.25) is 0 Å². The van der Waals surface area contributed by atoms with Gasteiger partial charge in [0, 0.05) is 18.5 Å². The van der Waals surface area contributed by atoms with Crippen LogP contribution in [0.4, 0.5) is 0 Å². The Morgan fingerprint density at radius 2 is 2.33 bits per heavy atom. The summed E-state index contributed by atoms with van der Waals surface area (Å²) in [6, 6.07) is 2.07. The van der Waals surface area contributed by atoms with E-state index in [9.17, 15) is 8.42 Å². The molecule has 0 saturated carbocycles. The van der Waals surface area contributed by atoms with Gasteiger partial charge in [0.05, 0.1) is 11.4 Å². The Balaban J connectivity index is 2.21. The van der Waals surface area contributed by atoms with Gasteiger partial charge in [-0.1, -0.05) is 0 Å². The fourth-order valence-corrected chi connectivity index (χ4v) is 1.94. The second-order valence-electron chi connectivity index (χ2n) is 3.67. The highest BCUT2D eigenvalue weighted by Crippen LogP contribution is 2.06. The van der Waals surface area contributed by atoms with Crippen LogP contribution in [0.25, 0.3) is 0 Å². The summed E-state index contributed by atoms with van der Waals surface area (Å²) < 4.78 is 21.7. The maximum atomic E-state index is 10.9. The molecule has 86 valence electrons. The number of aromatic nitrogens is 2. The van der Waals surface area contributed by atoms with Gasteiger partial charge in [0.25, 0.3) is 0 Å². The fourth-order valence-electron chi connectivity index (χ4n) is 1.27. The quantitative estimate of drug-likeness (QED) is 0.699. The van der Waals surface area contributed by atoms with Gasteiger partial charge in [-0.15, -0.1) is 0 Å². The van der Waals surface area contributed by atoms with Crippen LogP contribution in [0.3, 0.4) is 0 Å². The van der Waals surface area contributed by atoms with Crippen LogP contribution < -0.4 is 5.32 Å². The second-order valence-corrected chi connectivity index (χ2v) is 5.93. The number of hydrogen-bond acceptors (Lipinski definition) is 4. The molecule has 1 rings (SSSR count). The molecule has 6 heteroatoms. The molecule has 0 aromatic carbocycles. The van der Waals surface area contributed by atoms with Gasteiger partial charge in [0.15, 0.2) is 0 Å². The first kappa shape index (κ1) is 12.2. The first-order valence-corrected chi connectivity index (χ1v) is 6.95. The van der Waals surface area contributed by atoms with Crippen LogP contribution in [0.1, 0.15) is 25.1 Å². The number of sulfone groups is 1. The van der Waals surface area contributed by atoms with Crippen molar-refractivity contribution in [2.24, 2.45) is 0 Å². The smallest absolute Gasteiger partial charge is 0.147 e. The third-order valence-electron chi connectivity index (χ3n) is 2.13. The minimum absolute atomic E-state index is 0.173. The van der Waals surface area contributed by atoms with Gasteiger partial charge < -0.3 is 5.32 Å². The van der Waals surface area contributed by atoms with Crippen molar-refractivity contribution < 1.29 is 8.42 Å². The zero-order chi connectivity index (χ0) is 11.3. The topological polar surface area (TPSA) is 74.8 Å². The Labute approximate surface area is 90.2 Å². The maximum absolute atomic E-state index is 10.9. The van der Waals surface area contributed by atoms with E-state index in [1.54, 1.807) is 6.20 Å². The number of aromatic amines is 1. The lowest BCUT2D eigenvalue weighted by molar-refractivity contribution is 0.551. The molecular weight excluding hydrogens is 214 g/mol. The number of H-pyrrole nitrogens is 1. The number of hydrogen-bond donors (Lipinski definition) is 2. The fraction of sp³-hybridized carbons (Fsp3) is 0.667. The number of rotatable bonds is 6. The van der Waals surface area contributed by atoms with Crippen LogP contribution in [0, 0.1) is 0 Å². The molecule has 15 heavy (non-hydrogen) atoms. The van der Waals surface area contributed by atoms with Crippen molar-refractivity contribution >= 4 is 9.84 Å². The highest BCUT2D eigenvalue weighted by atomic mass is 32.2. The SMILES string of the molecule is CC(NCCCS(C)(=O)=O)c1ccn[nH]1. The van der Waals surface area contributed by atoms with Gasteiger partial charge in [-0.3, -0.25) is 5.10 Å². The highest BCUT2D eigenvalue weighted by molar-refractivity contribution is 7.90. The molecule has 0 aliphatic heterocycles. The molecule has 0 aliphatic carbocycles. The standard InChI is InChI=1S/C9H17N3O2S/c1-8(9-4-6-11-12-9)10-5-3-7-15(2,13)14/h4,6,8,10H,3,5,7H2,1-2H3,(H,11,12). The van der Waals surface area contributed by atoms with Crippen molar-refractivity contribution in [3.8, 4) is 0 Å². The van der Waals surface area contributed by atoms with Gasteiger partial charge >= 0.3 is 0 Å². The van der Waals surface area contributed by atoms with Crippen molar-refractivity contribution in [3.63, 3.8) is 0 Å². The Kier molecular flexibility index (Phi) is 4.28. The Morgan fingerprint density at radius 1 is 1.60 bits per heavy atom. The van der Waals surface area contributed by atoms with E-state index in [1.807, 2.05) is 13.0 Å². The third kappa shape index (κ3) is 4.94. The summed E-state index contributed by atoms with van der Waals surface area (Å²) in [5.41, 5.74) is 1.01. The third-order valence-corrected chi connectivity index (χ3v) is 3.16. The van der Waals surface area contributed by atoms with Crippen molar-refractivity contribution in [1.82, 2.24) is 15.5 Å². The van der Waals surface area contributed by atoms with Gasteiger partial charge in [-0.2, -0.15) is 5.10 Å². The van der Waals surface area contributed by atoms with Crippen LogP contribution >= 0.6 is 0 Å². The summed E-state index contributed by atoms with van der Waals surface area (Å²) in [4.78, 5) is 0. The average Bonchev–Trinajstić information content (AvgIpc) is 2.63. The molecule has 0 aliphatic rings. The molecular formula is C9H17N3O2S. The monoisotopic (exact) mass is 231 g/mol. The molecule has 0 bridgehead atoms. The zero-order valence-electron chi connectivity index (χ0n) is 9.03. The molecule has 1 heterocycles. The van der Waals surface area contributed by atoms with E-state index in [-0.39, 0.29) is 11.8 Å². The van der Waals surface area contributed by atoms with Crippen LogP contribution in [0.15, 0.2) is 12.3 Å². The van der Waals surface area contributed by atoms with Crippen LogP contribution in [-0.4, -0.2) is 37.2 Å². The summed E-state index contributed by atoms with van der Waals surface area (Å²) in [5.74, 6) is 0.232. The van der Waals surface area contributed by atoms with E-state index in [0.717, 1.165) is 5.69 Å². The molecule has 1 atom stereocenters. The van der Waals surface area contributed by atoms with E-state index >= 15 is 0 Å². The predicted octanol–water partition coefficient (Wildman–Crippen LogP) is 0.495. The lowest BCUT2D eigenvalue weighted by Gasteiger charge is -2.11. The Bertz CT molecular complexity index is 372. The minimum atomic E-state index is -2.84. The normalized spacial score (nSPS) is 14.0. The molecule has 0 fully saturated rings. The Morgan fingerprint density at radius 3 is 2.87 bits per heavy atom. The van der Waals surface area contributed by atoms with Crippen LogP contribution in [0.5, 0.6) is 0 Å². The molecule has 2 N–H and O–H groups in total. The second kappa shape index (κ2) is 5.27. The largest absolute Gasteiger partial charge is 0.309 e. The van der Waals surface area contributed by atoms with Crippen molar-refractivity contribution in [2.45, 2.75) is 19.4 Å². The summed E-state index contributed by atoms with van der Waals surface area (Å²) in [6.45, 7) is 2.70. The number of nitrogens with one attached hydrogen (secondary N) is 2. The van der Waals surface area contributed by atoms with E-state index in [4.69, 9.17) is 0 Å². The minimum Gasteiger partial charge on any atom is -0.309 e. The molecule has 0 spiro atoms. The van der Waals surface area contributed by atoms with Crippen LogP contribution in [0.2, 0.25) is 0 Å². The van der Waals surface area contributed by atoms with Crippen LogP contribution in [-0.2, 0) is 9.84 Å². The summed E-state index contributed by atoms with van der Waals surface area (Å²) in [6.07, 6.45) is 3.59. The molecule has 0 saturated heterocycles. The first-order chi connectivity index (χ1) is 6.99. The summed E-state index contributed by atoms with van der Waals surface area (Å²) >= 11 is 0. The lowest BCUT2D eigenvalue weighted by atomic mass is 10.2. The first-order valence-electron chi connectivity index (χ1n) is 4.89. The molecule has 5 nitrogen and oxygen atoms in total. The molecule has 0 radical (unpaired) electrons. The van der Waals surface area contributed by atoms with Crippen molar-refractivity contribution in [3.05, 3.63) is 18.0 Å². The summed E-state index contributed by atoms with van der Waals surface area (Å²) in [7, 11) is -2.84. The van der Waals surface area contributed by atoms with E-state index in [0.29, 0.717) is 13.0 Å². The van der Waals surface area contributed by atoms with E-state index < -0.39 is 9.84 Å². The number of nitrogens with zero attached hydrogens (tertiary/aromatic N) is 1. The highest BCUT2D eigenvalue weighted by Gasteiger charge is 2.06. The molecule has 0 amide bonds.